The number of aromatic nitrogens is 4. The van der Waals surface area contributed by atoms with Gasteiger partial charge in [0.05, 0.1) is 21.7 Å². The Balaban J connectivity index is 2.11. The van der Waals surface area contributed by atoms with E-state index in [1.165, 1.54) is 0 Å². The molecule has 0 saturated carbocycles. The van der Waals surface area contributed by atoms with Crippen LogP contribution in [0.2, 0.25) is 0 Å². The van der Waals surface area contributed by atoms with Gasteiger partial charge in [-0.3, -0.25) is 4.98 Å². The number of rotatable bonds is 6. The summed E-state index contributed by atoms with van der Waals surface area (Å²) in [6.45, 7) is 7.11. The van der Waals surface area contributed by atoms with E-state index in [-0.39, 0.29) is 0 Å². The summed E-state index contributed by atoms with van der Waals surface area (Å²) in [4.78, 5) is 18.5. The smallest absolute Gasteiger partial charge is 0.189 e. The number of fused-ring (bicyclic) bond motifs is 1. The Morgan fingerprint density at radius 3 is 2.71 bits per heavy atom. The van der Waals surface area contributed by atoms with Gasteiger partial charge in [0.1, 0.15) is 16.3 Å². The molecular weight excluding hydrogens is 338 g/mol. The summed E-state index contributed by atoms with van der Waals surface area (Å²) in [5.74, 6) is 0.880. The van der Waals surface area contributed by atoms with Crippen LogP contribution in [0.5, 0.6) is 0 Å². The standard InChI is InChI=1S/C17H21N5S2/c1-5-6-8-19-15-13(10(2)20-17(22-15)23-4)16-21-14-11(3)18-9-7-12(14)24-16/h7,9H,5-6,8H2,1-4H3,(H,19,20,22). The fraction of sp³-hybridized carbons (Fsp3) is 0.412. The number of anilines is 1. The van der Waals surface area contributed by atoms with Gasteiger partial charge >= 0.3 is 0 Å². The number of unbranched alkanes of at least 4 members (excludes halogenated alkanes) is 1. The van der Waals surface area contributed by atoms with E-state index in [1.54, 1.807) is 23.1 Å². The minimum atomic E-state index is 0.786. The summed E-state index contributed by atoms with van der Waals surface area (Å²) in [6, 6.07) is 2.01. The van der Waals surface area contributed by atoms with E-state index in [1.807, 2.05) is 32.4 Å². The zero-order valence-electron chi connectivity index (χ0n) is 14.4. The molecule has 0 fully saturated rings. The zero-order valence-corrected chi connectivity index (χ0v) is 16.0. The number of aryl methyl sites for hydroxylation is 2. The largest absolute Gasteiger partial charge is 0.369 e. The van der Waals surface area contributed by atoms with Crippen LogP contribution in [0.15, 0.2) is 17.4 Å². The SMILES string of the molecule is CCCCNc1nc(SC)nc(C)c1-c1nc2c(C)nccc2s1. The third-order valence-electron chi connectivity index (χ3n) is 3.78. The van der Waals surface area contributed by atoms with Gasteiger partial charge in [-0.15, -0.1) is 11.3 Å². The van der Waals surface area contributed by atoms with Gasteiger partial charge in [0.15, 0.2) is 5.16 Å². The molecule has 3 rings (SSSR count). The van der Waals surface area contributed by atoms with E-state index in [4.69, 9.17) is 4.98 Å². The Morgan fingerprint density at radius 2 is 2.00 bits per heavy atom. The molecule has 0 aromatic carbocycles. The van der Waals surface area contributed by atoms with Crippen LogP contribution >= 0.6 is 23.1 Å². The number of nitrogens with one attached hydrogen (secondary N) is 1. The van der Waals surface area contributed by atoms with E-state index < -0.39 is 0 Å². The lowest BCUT2D eigenvalue weighted by atomic mass is 10.2. The Kier molecular flexibility index (Phi) is 5.30. The van der Waals surface area contributed by atoms with Gasteiger partial charge in [-0.1, -0.05) is 25.1 Å². The maximum atomic E-state index is 4.82. The van der Waals surface area contributed by atoms with Crippen molar-refractivity contribution >= 4 is 39.1 Å². The molecule has 3 aromatic heterocycles. The number of thiazole rings is 1. The molecule has 0 saturated heterocycles. The summed E-state index contributed by atoms with van der Waals surface area (Å²) in [5.41, 5.74) is 3.88. The van der Waals surface area contributed by atoms with Crippen LogP contribution in [0.4, 0.5) is 5.82 Å². The Morgan fingerprint density at radius 1 is 1.17 bits per heavy atom. The maximum Gasteiger partial charge on any atom is 0.189 e. The van der Waals surface area contributed by atoms with Crippen molar-refractivity contribution in [1.82, 2.24) is 19.9 Å². The molecule has 0 radical (unpaired) electrons. The molecule has 126 valence electrons. The monoisotopic (exact) mass is 359 g/mol. The fourth-order valence-corrected chi connectivity index (χ4v) is 4.02. The van der Waals surface area contributed by atoms with Crippen LogP contribution in [-0.4, -0.2) is 32.7 Å². The molecule has 0 atom stereocenters. The second-order valence-electron chi connectivity index (χ2n) is 5.56. The number of nitrogens with zero attached hydrogens (tertiary/aromatic N) is 4. The number of pyridine rings is 1. The van der Waals surface area contributed by atoms with Crippen molar-refractivity contribution in [3.63, 3.8) is 0 Å². The average molecular weight is 360 g/mol. The maximum absolute atomic E-state index is 4.82. The molecule has 0 amide bonds. The summed E-state index contributed by atoms with van der Waals surface area (Å²) in [7, 11) is 0. The van der Waals surface area contributed by atoms with Gasteiger partial charge in [-0.05, 0) is 32.6 Å². The van der Waals surface area contributed by atoms with Crippen LogP contribution in [-0.2, 0) is 0 Å². The minimum absolute atomic E-state index is 0.786. The molecule has 3 aromatic rings. The van der Waals surface area contributed by atoms with E-state index in [0.717, 1.165) is 62.5 Å². The van der Waals surface area contributed by atoms with Crippen LogP contribution in [0, 0.1) is 13.8 Å². The molecule has 7 heteroatoms. The van der Waals surface area contributed by atoms with Crippen LogP contribution in [0.1, 0.15) is 31.2 Å². The number of hydrogen-bond donors (Lipinski definition) is 1. The highest BCUT2D eigenvalue weighted by atomic mass is 32.2. The summed E-state index contributed by atoms with van der Waals surface area (Å²) in [6.07, 6.45) is 6.09. The first-order valence-corrected chi connectivity index (χ1v) is 10.1. The molecule has 0 aliphatic carbocycles. The van der Waals surface area contributed by atoms with Crippen molar-refractivity contribution in [1.29, 1.82) is 0 Å². The molecular formula is C17H21N5S2. The predicted octanol–water partition coefficient (Wildman–Crippen LogP) is 4.70. The highest BCUT2D eigenvalue weighted by Crippen LogP contribution is 2.36. The number of hydrogen-bond acceptors (Lipinski definition) is 7. The lowest BCUT2D eigenvalue weighted by molar-refractivity contribution is 0.824. The van der Waals surface area contributed by atoms with Crippen molar-refractivity contribution in [2.75, 3.05) is 18.1 Å². The van der Waals surface area contributed by atoms with Crippen molar-refractivity contribution < 1.29 is 0 Å². The highest BCUT2D eigenvalue weighted by Gasteiger charge is 2.18. The Labute approximate surface area is 150 Å². The number of thioether (sulfide) groups is 1. The molecule has 0 aliphatic heterocycles. The Hall–Kier alpha value is -1.73. The van der Waals surface area contributed by atoms with Crippen molar-refractivity contribution in [3.05, 3.63) is 23.7 Å². The topological polar surface area (TPSA) is 63.6 Å². The van der Waals surface area contributed by atoms with Crippen molar-refractivity contribution in [2.24, 2.45) is 0 Å². The van der Waals surface area contributed by atoms with Gasteiger partial charge < -0.3 is 5.32 Å². The zero-order chi connectivity index (χ0) is 17.1. The van der Waals surface area contributed by atoms with E-state index in [9.17, 15) is 0 Å². The van der Waals surface area contributed by atoms with Crippen LogP contribution in [0.25, 0.3) is 20.8 Å². The van der Waals surface area contributed by atoms with Gasteiger partial charge in [-0.25, -0.2) is 15.0 Å². The first-order chi connectivity index (χ1) is 11.6. The molecule has 1 N–H and O–H groups in total. The predicted molar refractivity (Wildman–Crippen MR) is 103 cm³/mol. The van der Waals surface area contributed by atoms with Crippen molar-refractivity contribution in [2.45, 2.75) is 38.8 Å². The molecule has 3 heterocycles. The molecule has 0 spiro atoms. The molecule has 5 nitrogen and oxygen atoms in total. The fourth-order valence-electron chi connectivity index (χ4n) is 2.50. The normalized spacial score (nSPS) is 11.2. The quantitative estimate of drug-likeness (QED) is 0.391. The molecule has 0 bridgehead atoms. The van der Waals surface area contributed by atoms with Crippen molar-refractivity contribution in [3.8, 4) is 10.6 Å². The van der Waals surface area contributed by atoms with Gasteiger partial charge in [0, 0.05) is 12.7 Å². The van der Waals surface area contributed by atoms with E-state index >= 15 is 0 Å². The van der Waals surface area contributed by atoms with Crippen LogP contribution < -0.4 is 5.32 Å². The summed E-state index contributed by atoms with van der Waals surface area (Å²) >= 11 is 3.23. The van der Waals surface area contributed by atoms with E-state index in [0.29, 0.717) is 0 Å². The second-order valence-corrected chi connectivity index (χ2v) is 7.37. The minimum Gasteiger partial charge on any atom is -0.369 e. The second kappa shape index (κ2) is 7.44. The molecule has 0 aliphatic rings. The molecule has 24 heavy (non-hydrogen) atoms. The lowest BCUT2D eigenvalue weighted by Gasteiger charge is -2.12. The van der Waals surface area contributed by atoms with Crippen LogP contribution in [0.3, 0.4) is 0 Å². The summed E-state index contributed by atoms with van der Waals surface area (Å²) < 4.78 is 1.14. The molecule has 0 unspecified atom stereocenters. The average Bonchev–Trinajstić information content (AvgIpc) is 2.99. The van der Waals surface area contributed by atoms with E-state index in [2.05, 4.69) is 27.2 Å². The lowest BCUT2D eigenvalue weighted by Crippen LogP contribution is -2.07. The van der Waals surface area contributed by atoms with Gasteiger partial charge in [0.2, 0.25) is 0 Å². The third-order valence-corrected chi connectivity index (χ3v) is 5.36. The van der Waals surface area contributed by atoms with Gasteiger partial charge in [-0.2, -0.15) is 0 Å². The first-order valence-electron chi connectivity index (χ1n) is 8.03. The first kappa shape index (κ1) is 17.1. The highest BCUT2D eigenvalue weighted by molar-refractivity contribution is 7.98. The third kappa shape index (κ3) is 3.37. The van der Waals surface area contributed by atoms with Gasteiger partial charge in [0.25, 0.3) is 0 Å². The summed E-state index contributed by atoms with van der Waals surface area (Å²) in [5, 5.41) is 5.21. The Bertz CT molecular complexity index is 860.